The molecule has 4 heteroatoms. The minimum absolute atomic E-state index is 0.122. The van der Waals surface area contributed by atoms with Gasteiger partial charge in [0.25, 0.3) is 0 Å². The highest BCUT2D eigenvalue weighted by atomic mass is 16.2. The Hall–Kier alpha value is -1.55. The van der Waals surface area contributed by atoms with Gasteiger partial charge in [-0.1, -0.05) is 12.1 Å². The van der Waals surface area contributed by atoms with E-state index >= 15 is 0 Å². The third-order valence-corrected chi connectivity index (χ3v) is 2.92. The van der Waals surface area contributed by atoms with Gasteiger partial charge in [-0.2, -0.15) is 0 Å². The molecule has 0 atom stereocenters. The summed E-state index contributed by atoms with van der Waals surface area (Å²) in [6.07, 6.45) is 0.420. The summed E-state index contributed by atoms with van der Waals surface area (Å²) in [6.45, 7) is 3.77. The predicted molar refractivity (Wildman–Crippen MR) is 75.5 cm³/mol. The normalized spacial score (nSPS) is 10.2. The maximum atomic E-state index is 11.8. The van der Waals surface area contributed by atoms with Crippen LogP contribution in [0.5, 0.6) is 0 Å². The Morgan fingerprint density at radius 2 is 1.83 bits per heavy atom. The van der Waals surface area contributed by atoms with Gasteiger partial charge in [-0.25, -0.2) is 0 Å². The number of nitrogens with zero attached hydrogens (tertiary/aromatic N) is 2. The number of benzene rings is 1. The van der Waals surface area contributed by atoms with Crippen molar-refractivity contribution in [3.8, 4) is 0 Å². The number of rotatable bonds is 6. The van der Waals surface area contributed by atoms with Gasteiger partial charge in [0.2, 0.25) is 5.91 Å². The zero-order chi connectivity index (χ0) is 13.5. The van der Waals surface area contributed by atoms with Crippen LogP contribution in [0.2, 0.25) is 0 Å². The van der Waals surface area contributed by atoms with E-state index in [-0.39, 0.29) is 5.91 Å². The van der Waals surface area contributed by atoms with E-state index in [2.05, 4.69) is 29.2 Å². The Labute approximate surface area is 109 Å². The van der Waals surface area contributed by atoms with Crippen LogP contribution >= 0.6 is 0 Å². The Kier molecular flexibility index (Phi) is 5.65. The van der Waals surface area contributed by atoms with E-state index in [9.17, 15) is 4.79 Å². The summed E-state index contributed by atoms with van der Waals surface area (Å²) >= 11 is 0. The molecule has 18 heavy (non-hydrogen) atoms. The maximum Gasteiger partial charge on any atom is 0.224 e. The minimum atomic E-state index is 0.122. The van der Waals surface area contributed by atoms with Crippen LogP contribution < -0.4 is 10.6 Å². The van der Waals surface area contributed by atoms with Crippen molar-refractivity contribution >= 4 is 11.6 Å². The van der Waals surface area contributed by atoms with Crippen LogP contribution in [0.1, 0.15) is 18.9 Å². The van der Waals surface area contributed by atoms with Gasteiger partial charge in [-0.05, 0) is 24.6 Å². The number of nitrogens with two attached hydrogens (primary N) is 1. The van der Waals surface area contributed by atoms with Gasteiger partial charge in [-0.3, -0.25) is 4.79 Å². The van der Waals surface area contributed by atoms with E-state index < -0.39 is 0 Å². The summed E-state index contributed by atoms with van der Waals surface area (Å²) in [4.78, 5) is 15.7. The van der Waals surface area contributed by atoms with Crippen molar-refractivity contribution in [1.82, 2.24) is 4.90 Å². The van der Waals surface area contributed by atoms with Gasteiger partial charge in [0.1, 0.15) is 0 Å². The molecule has 0 fully saturated rings. The van der Waals surface area contributed by atoms with E-state index in [4.69, 9.17) is 5.73 Å². The van der Waals surface area contributed by atoms with E-state index in [1.54, 1.807) is 0 Å². The largest absolute Gasteiger partial charge is 0.378 e. The van der Waals surface area contributed by atoms with Crippen LogP contribution in [0.15, 0.2) is 24.3 Å². The number of hydrogen-bond acceptors (Lipinski definition) is 3. The summed E-state index contributed by atoms with van der Waals surface area (Å²) in [7, 11) is 4.02. The first-order chi connectivity index (χ1) is 8.58. The fourth-order valence-electron chi connectivity index (χ4n) is 1.78. The monoisotopic (exact) mass is 249 g/mol. The molecular weight excluding hydrogens is 226 g/mol. The molecule has 0 heterocycles. The molecule has 1 amide bonds. The highest BCUT2D eigenvalue weighted by Crippen LogP contribution is 2.14. The molecule has 1 aromatic rings. The van der Waals surface area contributed by atoms with Crippen molar-refractivity contribution in [2.45, 2.75) is 19.9 Å². The molecule has 0 spiro atoms. The molecule has 1 aromatic carbocycles. The lowest BCUT2D eigenvalue weighted by Gasteiger charge is -2.21. The highest BCUT2D eigenvalue weighted by Gasteiger charge is 2.10. The fraction of sp³-hybridized carbons (Fsp3) is 0.500. The smallest absolute Gasteiger partial charge is 0.224 e. The van der Waals surface area contributed by atoms with Gasteiger partial charge < -0.3 is 15.5 Å². The average molecular weight is 249 g/mol. The van der Waals surface area contributed by atoms with Gasteiger partial charge in [0, 0.05) is 45.8 Å². The summed E-state index contributed by atoms with van der Waals surface area (Å²) in [6, 6.07) is 8.26. The Balaban J connectivity index is 2.67. The van der Waals surface area contributed by atoms with Crippen LogP contribution in [0.4, 0.5) is 5.69 Å². The standard InChI is InChI=1S/C14H23N3O/c1-4-17(14(18)9-10-15)11-12-5-7-13(8-6-12)16(2)3/h5-8H,4,9-11,15H2,1-3H3. The fourth-order valence-corrected chi connectivity index (χ4v) is 1.78. The van der Waals surface area contributed by atoms with Crippen LogP contribution in [-0.2, 0) is 11.3 Å². The second-order valence-electron chi connectivity index (χ2n) is 4.51. The first-order valence-corrected chi connectivity index (χ1v) is 6.32. The molecule has 0 aliphatic carbocycles. The van der Waals surface area contributed by atoms with Crippen LogP contribution in [0, 0.1) is 0 Å². The second kappa shape index (κ2) is 7.01. The first-order valence-electron chi connectivity index (χ1n) is 6.32. The number of carbonyl (C=O) groups excluding carboxylic acids is 1. The molecule has 4 nitrogen and oxygen atoms in total. The van der Waals surface area contributed by atoms with Crippen molar-refractivity contribution in [3.05, 3.63) is 29.8 Å². The molecule has 0 aliphatic heterocycles. The van der Waals surface area contributed by atoms with Crippen LogP contribution in [-0.4, -0.2) is 38.0 Å². The lowest BCUT2D eigenvalue weighted by atomic mass is 10.2. The van der Waals surface area contributed by atoms with E-state index in [0.29, 0.717) is 26.1 Å². The van der Waals surface area contributed by atoms with Crippen LogP contribution in [0.25, 0.3) is 0 Å². The molecule has 0 aromatic heterocycles. The van der Waals surface area contributed by atoms with Crippen molar-refractivity contribution in [2.75, 3.05) is 32.1 Å². The molecule has 0 radical (unpaired) electrons. The minimum Gasteiger partial charge on any atom is -0.378 e. The summed E-state index contributed by atoms with van der Waals surface area (Å²) < 4.78 is 0. The van der Waals surface area contributed by atoms with Crippen molar-refractivity contribution in [1.29, 1.82) is 0 Å². The topological polar surface area (TPSA) is 49.6 Å². The van der Waals surface area contributed by atoms with Crippen LogP contribution in [0.3, 0.4) is 0 Å². The highest BCUT2D eigenvalue weighted by molar-refractivity contribution is 5.76. The molecule has 0 saturated carbocycles. The van der Waals surface area contributed by atoms with Gasteiger partial charge in [-0.15, -0.1) is 0 Å². The third-order valence-electron chi connectivity index (χ3n) is 2.92. The lowest BCUT2D eigenvalue weighted by molar-refractivity contribution is -0.131. The summed E-state index contributed by atoms with van der Waals surface area (Å²) in [5.41, 5.74) is 7.72. The first kappa shape index (κ1) is 14.5. The number of amides is 1. The molecule has 0 aliphatic rings. The van der Waals surface area contributed by atoms with Crippen molar-refractivity contribution in [2.24, 2.45) is 5.73 Å². The van der Waals surface area contributed by atoms with Crippen molar-refractivity contribution in [3.63, 3.8) is 0 Å². The molecular formula is C14H23N3O. The third kappa shape index (κ3) is 4.04. The Morgan fingerprint density at radius 1 is 1.22 bits per heavy atom. The predicted octanol–water partition coefficient (Wildman–Crippen LogP) is 1.45. The van der Waals surface area contributed by atoms with Gasteiger partial charge in [0.15, 0.2) is 0 Å². The maximum absolute atomic E-state index is 11.8. The zero-order valence-electron chi connectivity index (χ0n) is 11.5. The molecule has 2 N–H and O–H groups in total. The summed E-state index contributed by atoms with van der Waals surface area (Å²) in [5.74, 6) is 0.122. The van der Waals surface area contributed by atoms with E-state index in [0.717, 1.165) is 11.3 Å². The SMILES string of the molecule is CCN(Cc1ccc(N(C)C)cc1)C(=O)CCN. The van der Waals surface area contributed by atoms with Gasteiger partial charge in [0.05, 0.1) is 0 Å². The molecule has 1 rings (SSSR count). The number of hydrogen-bond donors (Lipinski definition) is 1. The molecule has 0 bridgehead atoms. The molecule has 0 saturated heterocycles. The zero-order valence-corrected chi connectivity index (χ0v) is 11.5. The Bertz CT molecular complexity index is 373. The Morgan fingerprint density at radius 3 is 2.28 bits per heavy atom. The van der Waals surface area contributed by atoms with E-state index in [1.165, 1.54) is 0 Å². The second-order valence-corrected chi connectivity index (χ2v) is 4.51. The lowest BCUT2D eigenvalue weighted by Crippen LogP contribution is -2.31. The quantitative estimate of drug-likeness (QED) is 0.830. The van der Waals surface area contributed by atoms with E-state index in [1.807, 2.05) is 25.9 Å². The summed E-state index contributed by atoms with van der Waals surface area (Å²) in [5, 5.41) is 0. The van der Waals surface area contributed by atoms with Gasteiger partial charge >= 0.3 is 0 Å². The molecule has 100 valence electrons. The average Bonchev–Trinajstić information content (AvgIpc) is 2.36. The van der Waals surface area contributed by atoms with Crippen molar-refractivity contribution < 1.29 is 4.79 Å². The molecule has 0 unspecified atom stereocenters. The number of anilines is 1. The number of carbonyl (C=O) groups is 1.